The molecule has 0 aromatic rings. The largest absolute Gasteiger partial charge is 0.354 e. The molecule has 8 heteroatoms. The van der Waals surface area contributed by atoms with Crippen LogP contribution in [-0.2, 0) is 24.1 Å². The highest BCUT2D eigenvalue weighted by molar-refractivity contribution is 5.82. The number of rotatable bonds is 10. The molecule has 0 aliphatic carbocycles. The molecule has 0 aromatic heterocycles. The lowest BCUT2D eigenvalue weighted by Gasteiger charge is -2.20. The van der Waals surface area contributed by atoms with Gasteiger partial charge in [0.05, 0.1) is 0 Å². The van der Waals surface area contributed by atoms with E-state index in [1.165, 1.54) is 0 Å². The summed E-state index contributed by atoms with van der Waals surface area (Å²) in [6, 6.07) is 0. The Hall–Kier alpha value is -1.67. The molecule has 0 unspecified atom stereocenters. The first-order chi connectivity index (χ1) is 11.4. The third kappa shape index (κ3) is 11.5. The zero-order valence-electron chi connectivity index (χ0n) is 16.4. The van der Waals surface area contributed by atoms with Crippen molar-refractivity contribution in [2.24, 2.45) is 17.3 Å². The van der Waals surface area contributed by atoms with Crippen molar-refractivity contribution < 1.29 is 24.1 Å². The van der Waals surface area contributed by atoms with Crippen molar-refractivity contribution in [2.75, 3.05) is 13.2 Å². The van der Waals surface area contributed by atoms with Crippen LogP contribution in [0.25, 0.3) is 0 Å². The molecule has 0 aromatic carbocycles. The van der Waals surface area contributed by atoms with Crippen molar-refractivity contribution in [3.8, 4) is 0 Å². The lowest BCUT2D eigenvalue weighted by molar-refractivity contribution is -0.157. The molecule has 146 valence electrons. The van der Waals surface area contributed by atoms with Gasteiger partial charge in [0.2, 0.25) is 5.91 Å². The molecule has 8 nitrogen and oxygen atoms in total. The summed E-state index contributed by atoms with van der Waals surface area (Å²) < 4.78 is 0. The summed E-state index contributed by atoms with van der Waals surface area (Å²) >= 11 is 0. The topological polar surface area (TPSA) is 106 Å². The number of amides is 3. The summed E-state index contributed by atoms with van der Waals surface area (Å²) in [6.07, 6.45) is -0.321. The molecule has 0 heterocycles. The van der Waals surface area contributed by atoms with Crippen LogP contribution in [-0.4, -0.2) is 37.0 Å². The van der Waals surface area contributed by atoms with Crippen LogP contribution in [0, 0.1) is 17.3 Å². The Kier molecular flexibility index (Phi) is 10.3. The van der Waals surface area contributed by atoms with E-state index >= 15 is 0 Å². The molecule has 0 radical (unpaired) electrons. The van der Waals surface area contributed by atoms with Gasteiger partial charge in [-0.25, -0.2) is 11.0 Å². The van der Waals surface area contributed by atoms with Crippen LogP contribution in [0.1, 0.15) is 54.9 Å². The van der Waals surface area contributed by atoms with Gasteiger partial charge in [0, 0.05) is 12.0 Å². The highest BCUT2D eigenvalue weighted by Crippen LogP contribution is 2.12. The van der Waals surface area contributed by atoms with E-state index in [9.17, 15) is 14.4 Å². The number of nitrogens with one attached hydrogen (secondary N) is 3. The summed E-state index contributed by atoms with van der Waals surface area (Å²) in [5.74, 6) is -0.677. The smallest absolute Gasteiger partial charge is 0.272 e. The molecular weight excluding hydrogens is 326 g/mol. The number of hydrogen-bond acceptors (Lipinski definition) is 5. The Morgan fingerprint density at radius 2 is 1.56 bits per heavy atom. The SMILES string of the molecule is CC(C)CNC(=O)[C@@H](CC(C)C)ONC(=O)CONC(=O)C(C)(C)C. The van der Waals surface area contributed by atoms with E-state index in [0.717, 1.165) is 0 Å². The van der Waals surface area contributed by atoms with E-state index in [4.69, 9.17) is 9.68 Å². The molecule has 0 aliphatic heterocycles. The van der Waals surface area contributed by atoms with Gasteiger partial charge in [-0.05, 0) is 18.3 Å². The molecule has 0 saturated heterocycles. The maximum absolute atomic E-state index is 12.1. The summed E-state index contributed by atoms with van der Waals surface area (Å²) in [5.41, 5.74) is 3.77. The quantitative estimate of drug-likeness (QED) is 0.510. The molecule has 0 aliphatic rings. The van der Waals surface area contributed by atoms with E-state index in [1.807, 2.05) is 27.7 Å². The Balaban J connectivity index is 4.32. The van der Waals surface area contributed by atoms with Crippen LogP contribution in [0.15, 0.2) is 0 Å². The average molecular weight is 359 g/mol. The predicted molar refractivity (Wildman–Crippen MR) is 93.9 cm³/mol. The molecular formula is C17H33N3O5. The van der Waals surface area contributed by atoms with Gasteiger partial charge in [0.15, 0.2) is 12.7 Å². The van der Waals surface area contributed by atoms with Crippen LogP contribution < -0.4 is 16.3 Å². The van der Waals surface area contributed by atoms with E-state index in [0.29, 0.717) is 18.9 Å². The molecule has 0 fully saturated rings. The third-order valence-corrected chi connectivity index (χ3v) is 3.03. The van der Waals surface area contributed by atoms with E-state index in [1.54, 1.807) is 20.8 Å². The highest BCUT2D eigenvalue weighted by atomic mass is 16.7. The van der Waals surface area contributed by atoms with Crippen molar-refractivity contribution in [3.05, 3.63) is 0 Å². The summed E-state index contributed by atoms with van der Waals surface area (Å²) in [7, 11) is 0. The van der Waals surface area contributed by atoms with Gasteiger partial charge < -0.3 is 5.32 Å². The molecule has 0 bridgehead atoms. The summed E-state index contributed by atoms with van der Waals surface area (Å²) in [6.45, 7) is 13.2. The minimum atomic E-state index is -0.785. The normalized spacial score (nSPS) is 12.8. The lowest BCUT2D eigenvalue weighted by Crippen LogP contribution is -2.44. The average Bonchev–Trinajstić information content (AvgIpc) is 2.47. The van der Waals surface area contributed by atoms with Gasteiger partial charge in [-0.2, -0.15) is 0 Å². The number of carbonyl (C=O) groups is 3. The molecule has 0 saturated carbocycles. The van der Waals surface area contributed by atoms with E-state index in [-0.39, 0.29) is 17.7 Å². The molecule has 0 spiro atoms. The number of carbonyl (C=O) groups excluding carboxylic acids is 3. The van der Waals surface area contributed by atoms with Crippen LogP contribution in [0.3, 0.4) is 0 Å². The summed E-state index contributed by atoms with van der Waals surface area (Å²) in [5, 5.41) is 2.78. The lowest BCUT2D eigenvalue weighted by atomic mass is 9.96. The minimum absolute atomic E-state index is 0.217. The van der Waals surface area contributed by atoms with Gasteiger partial charge in [-0.1, -0.05) is 48.5 Å². The van der Waals surface area contributed by atoms with Gasteiger partial charge in [-0.15, -0.1) is 0 Å². The third-order valence-electron chi connectivity index (χ3n) is 3.03. The van der Waals surface area contributed by atoms with Crippen molar-refractivity contribution >= 4 is 17.7 Å². The van der Waals surface area contributed by atoms with Crippen LogP contribution in [0.4, 0.5) is 0 Å². The Morgan fingerprint density at radius 3 is 2.04 bits per heavy atom. The van der Waals surface area contributed by atoms with Gasteiger partial charge >= 0.3 is 0 Å². The highest BCUT2D eigenvalue weighted by Gasteiger charge is 2.23. The second kappa shape index (κ2) is 11.0. The maximum Gasteiger partial charge on any atom is 0.272 e. The first-order valence-corrected chi connectivity index (χ1v) is 8.57. The van der Waals surface area contributed by atoms with Gasteiger partial charge in [-0.3, -0.25) is 24.1 Å². The fraction of sp³-hybridized carbons (Fsp3) is 0.824. The first-order valence-electron chi connectivity index (χ1n) is 8.57. The van der Waals surface area contributed by atoms with E-state index < -0.39 is 24.0 Å². The fourth-order valence-corrected chi connectivity index (χ4v) is 1.54. The molecule has 3 amide bonds. The molecule has 3 N–H and O–H groups in total. The predicted octanol–water partition coefficient (Wildman–Crippen LogP) is 1.32. The van der Waals surface area contributed by atoms with Crippen molar-refractivity contribution in [1.29, 1.82) is 0 Å². The Bertz CT molecular complexity index is 444. The Morgan fingerprint density at radius 1 is 0.960 bits per heavy atom. The number of hydrogen-bond donors (Lipinski definition) is 3. The van der Waals surface area contributed by atoms with Crippen molar-refractivity contribution in [1.82, 2.24) is 16.3 Å². The number of hydroxylamine groups is 2. The summed E-state index contributed by atoms with van der Waals surface area (Å²) in [4.78, 5) is 45.5. The standard InChI is InChI=1S/C17H33N3O5/c1-11(2)8-13(15(22)18-9-12(3)4)25-19-14(21)10-24-20-16(23)17(5,6)7/h11-13H,8-10H2,1-7H3,(H,18,22)(H,19,21)(H,20,23)/t13-/m1/s1. The van der Waals surface area contributed by atoms with Gasteiger partial charge in [0.25, 0.3) is 11.8 Å². The second-order valence-electron chi connectivity index (χ2n) is 7.87. The molecule has 0 rings (SSSR count). The Labute approximate surface area is 150 Å². The monoisotopic (exact) mass is 359 g/mol. The fourth-order valence-electron chi connectivity index (χ4n) is 1.54. The van der Waals surface area contributed by atoms with Gasteiger partial charge in [0.1, 0.15) is 0 Å². The zero-order valence-corrected chi connectivity index (χ0v) is 16.4. The van der Waals surface area contributed by atoms with Crippen LogP contribution >= 0.6 is 0 Å². The molecule has 25 heavy (non-hydrogen) atoms. The zero-order chi connectivity index (χ0) is 19.6. The maximum atomic E-state index is 12.1. The van der Waals surface area contributed by atoms with E-state index in [2.05, 4.69) is 16.3 Å². The van der Waals surface area contributed by atoms with Crippen molar-refractivity contribution in [2.45, 2.75) is 61.0 Å². The second-order valence-corrected chi connectivity index (χ2v) is 7.87. The van der Waals surface area contributed by atoms with Crippen LogP contribution in [0.5, 0.6) is 0 Å². The van der Waals surface area contributed by atoms with Crippen LogP contribution in [0.2, 0.25) is 0 Å². The van der Waals surface area contributed by atoms with Crippen molar-refractivity contribution in [3.63, 3.8) is 0 Å². The minimum Gasteiger partial charge on any atom is -0.354 e. The molecule has 1 atom stereocenters. The first kappa shape index (κ1) is 23.3.